The zero-order chi connectivity index (χ0) is 20.7. The molecule has 1 aromatic heterocycles. The molecule has 3 rings (SSSR count). The lowest BCUT2D eigenvalue weighted by Gasteiger charge is -2.28. The number of aliphatic hydroxyl groups is 2. The molecule has 9 nitrogen and oxygen atoms in total. The van der Waals surface area contributed by atoms with E-state index in [4.69, 9.17) is 15.2 Å². The van der Waals surface area contributed by atoms with Crippen LogP contribution in [-0.4, -0.2) is 57.3 Å². The number of ether oxygens (including phenoxy) is 2. The summed E-state index contributed by atoms with van der Waals surface area (Å²) in [6, 6.07) is 0. The maximum atomic E-state index is 12.1. The van der Waals surface area contributed by atoms with Crippen LogP contribution in [0.2, 0.25) is 0 Å². The Bertz CT molecular complexity index is 789. The van der Waals surface area contributed by atoms with Gasteiger partial charge in [0, 0.05) is 0 Å². The van der Waals surface area contributed by atoms with E-state index in [2.05, 4.69) is 16.5 Å². The molecular weight excluding hydrogens is 384 g/mol. The summed E-state index contributed by atoms with van der Waals surface area (Å²) in [6.07, 6.45) is -4.28. The summed E-state index contributed by atoms with van der Waals surface area (Å²) in [5.74, 6) is 0.752. The van der Waals surface area contributed by atoms with Crippen LogP contribution in [0.3, 0.4) is 0 Å². The van der Waals surface area contributed by atoms with Crippen LogP contribution in [0.1, 0.15) is 26.6 Å². The van der Waals surface area contributed by atoms with Crippen molar-refractivity contribution in [2.24, 2.45) is 11.8 Å². The van der Waals surface area contributed by atoms with E-state index in [1.54, 1.807) is 18.7 Å². The summed E-state index contributed by atoms with van der Waals surface area (Å²) in [5.41, 5.74) is 5.97. The summed E-state index contributed by atoms with van der Waals surface area (Å²) in [5, 5.41) is 21.5. The van der Waals surface area contributed by atoms with Crippen molar-refractivity contribution in [3.05, 3.63) is 17.4 Å². The van der Waals surface area contributed by atoms with Gasteiger partial charge in [0.15, 0.2) is 12.0 Å². The Balaban J connectivity index is 1.75. The quantitative estimate of drug-likeness (QED) is 0.605. The molecule has 28 heavy (non-hydrogen) atoms. The van der Waals surface area contributed by atoms with E-state index in [0.29, 0.717) is 27.4 Å². The number of aromatic nitrogens is 2. The average Bonchev–Trinajstić information content (AvgIpc) is 3.09. The summed E-state index contributed by atoms with van der Waals surface area (Å²) in [6.45, 7) is 11.2. The number of fused-ring (bicyclic) bond motifs is 1. The zero-order valence-corrected chi connectivity index (χ0v) is 17.1. The minimum absolute atomic E-state index is 0.134. The Hall–Kier alpha value is -1.88. The number of aryl methyl sites for hydroxylation is 1. The molecule has 0 unspecified atom stereocenters. The second-order valence-corrected chi connectivity index (χ2v) is 8.47. The normalized spacial score (nSPS) is 28.0. The lowest BCUT2D eigenvalue weighted by molar-refractivity contribution is -0.154. The number of aliphatic hydroxyl groups excluding tert-OH is 2. The van der Waals surface area contributed by atoms with E-state index in [9.17, 15) is 15.0 Å². The molecule has 0 spiro atoms. The van der Waals surface area contributed by atoms with Gasteiger partial charge in [0.1, 0.15) is 36.6 Å². The van der Waals surface area contributed by atoms with E-state index in [-0.39, 0.29) is 24.4 Å². The third-order valence-electron chi connectivity index (χ3n) is 5.06. The Morgan fingerprint density at radius 3 is 2.68 bits per heavy atom. The van der Waals surface area contributed by atoms with Crippen LogP contribution < -0.4 is 10.6 Å². The third-order valence-corrected chi connectivity index (χ3v) is 6.08. The van der Waals surface area contributed by atoms with Crippen LogP contribution in [0, 0.1) is 18.8 Å². The van der Waals surface area contributed by atoms with Crippen LogP contribution in [0.25, 0.3) is 0 Å². The second-order valence-electron chi connectivity index (χ2n) is 7.38. The van der Waals surface area contributed by atoms with Crippen LogP contribution >= 0.6 is 11.8 Å². The van der Waals surface area contributed by atoms with Gasteiger partial charge in [-0.1, -0.05) is 39.1 Å². The number of hydrogen-bond acceptors (Lipinski definition) is 10. The van der Waals surface area contributed by atoms with Crippen molar-refractivity contribution in [1.82, 2.24) is 9.97 Å². The van der Waals surface area contributed by atoms with Gasteiger partial charge in [0.25, 0.3) is 0 Å². The Morgan fingerprint density at radius 2 is 2.04 bits per heavy atom. The van der Waals surface area contributed by atoms with Crippen LogP contribution in [0.15, 0.2) is 16.5 Å². The molecule has 0 aromatic carbocycles. The number of esters is 1. The standard InChI is InChI=1S/C18H26N4O5S/c1-7(2)8(3)18(25)26-6-11-12(23)13(24)17(27-11)22-10(5)28-14-15(19)20-9(4)21-16(14)22/h7-8,11-13,17,23-24H,5-6H2,1-4H3,(H2,19,20,21)/t8-,11+,12+,13+,17+/m0/s1. The molecule has 0 saturated carbocycles. The largest absolute Gasteiger partial charge is 0.463 e. The molecule has 1 fully saturated rings. The topological polar surface area (TPSA) is 131 Å². The number of nitrogens with two attached hydrogens (primary N) is 1. The SMILES string of the molecule is C=C1Sc2c(N)nc(C)nc2N1[C@@H]1O[C@H](COC(=O)[C@@H](C)C(C)C)[C@@H](O)[C@H]1O. The van der Waals surface area contributed by atoms with Crippen molar-refractivity contribution in [2.45, 2.75) is 57.1 Å². The summed E-state index contributed by atoms with van der Waals surface area (Å²) in [7, 11) is 0. The van der Waals surface area contributed by atoms with Crippen LogP contribution in [-0.2, 0) is 14.3 Å². The van der Waals surface area contributed by atoms with E-state index in [1.807, 2.05) is 13.8 Å². The van der Waals surface area contributed by atoms with Gasteiger partial charge < -0.3 is 25.4 Å². The molecule has 154 valence electrons. The Morgan fingerprint density at radius 1 is 1.36 bits per heavy atom. The van der Waals surface area contributed by atoms with Gasteiger partial charge in [0.05, 0.1) is 15.8 Å². The predicted molar refractivity (Wildman–Crippen MR) is 104 cm³/mol. The highest BCUT2D eigenvalue weighted by molar-refractivity contribution is 8.03. The first-order chi connectivity index (χ1) is 13.1. The number of rotatable bonds is 5. The van der Waals surface area contributed by atoms with Gasteiger partial charge in [-0.25, -0.2) is 9.97 Å². The Kier molecular flexibility index (Phi) is 5.85. The fourth-order valence-electron chi connectivity index (χ4n) is 3.03. The van der Waals surface area contributed by atoms with Crippen molar-refractivity contribution in [2.75, 3.05) is 17.2 Å². The molecule has 0 aliphatic carbocycles. The van der Waals surface area contributed by atoms with Crippen molar-refractivity contribution in [1.29, 1.82) is 0 Å². The second kappa shape index (κ2) is 7.86. The molecule has 5 atom stereocenters. The monoisotopic (exact) mass is 410 g/mol. The van der Waals surface area contributed by atoms with E-state index >= 15 is 0 Å². The zero-order valence-electron chi connectivity index (χ0n) is 16.3. The highest BCUT2D eigenvalue weighted by Gasteiger charge is 2.49. The first kappa shape index (κ1) is 20.8. The van der Waals surface area contributed by atoms with Crippen molar-refractivity contribution in [3.63, 3.8) is 0 Å². The predicted octanol–water partition coefficient (Wildman–Crippen LogP) is 1.03. The Labute approximate surface area is 167 Å². The molecular formula is C18H26N4O5S. The molecule has 0 radical (unpaired) electrons. The molecule has 0 amide bonds. The third kappa shape index (κ3) is 3.69. The minimum atomic E-state index is -1.24. The minimum Gasteiger partial charge on any atom is -0.463 e. The number of nitrogens with zero attached hydrogens (tertiary/aromatic N) is 3. The van der Waals surface area contributed by atoms with Crippen molar-refractivity contribution < 1.29 is 24.5 Å². The fourth-order valence-corrected chi connectivity index (χ4v) is 3.94. The average molecular weight is 410 g/mol. The van der Waals surface area contributed by atoms with Gasteiger partial charge >= 0.3 is 5.97 Å². The summed E-state index contributed by atoms with van der Waals surface area (Å²) < 4.78 is 11.1. The molecule has 0 bridgehead atoms. The van der Waals surface area contributed by atoms with E-state index in [1.165, 1.54) is 11.8 Å². The molecule has 2 aliphatic rings. The van der Waals surface area contributed by atoms with E-state index in [0.717, 1.165) is 0 Å². The van der Waals surface area contributed by atoms with Gasteiger partial charge in [-0.15, -0.1) is 0 Å². The van der Waals surface area contributed by atoms with Gasteiger partial charge in [-0.2, -0.15) is 0 Å². The first-order valence-electron chi connectivity index (χ1n) is 9.10. The smallest absolute Gasteiger partial charge is 0.309 e. The maximum absolute atomic E-state index is 12.1. The summed E-state index contributed by atoms with van der Waals surface area (Å²) >= 11 is 1.27. The molecule has 1 saturated heterocycles. The van der Waals surface area contributed by atoms with E-state index < -0.39 is 24.5 Å². The fraction of sp³-hybridized carbons (Fsp3) is 0.611. The highest BCUT2D eigenvalue weighted by Crippen LogP contribution is 2.49. The van der Waals surface area contributed by atoms with Crippen LogP contribution in [0.4, 0.5) is 11.6 Å². The van der Waals surface area contributed by atoms with Gasteiger partial charge in [-0.3, -0.25) is 9.69 Å². The number of thioether (sulfide) groups is 1. The van der Waals surface area contributed by atoms with Crippen LogP contribution in [0.5, 0.6) is 0 Å². The molecule has 2 aliphatic heterocycles. The highest BCUT2D eigenvalue weighted by atomic mass is 32.2. The molecule has 1 aromatic rings. The molecule has 3 heterocycles. The number of anilines is 2. The van der Waals surface area contributed by atoms with Gasteiger partial charge in [-0.05, 0) is 12.8 Å². The summed E-state index contributed by atoms with van der Waals surface area (Å²) in [4.78, 5) is 22.8. The lowest BCUT2D eigenvalue weighted by Crippen LogP contribution is -2.42. The van der Waals surface area contributed by atoms with Crippen molar-refractivity contribution in [3.8, 4) is 0 Å². The number of carbonyl (C=O) groups excluding carboxylic acids is 1. The lowest BCUT2D eigenvalue weighted by atomic mass is 9.99. The molecule has 4 N–H and O–H groups in total. The van der Waals surface area contributed by atoms with Gasteiger partial charge in [0.2, 0.25) is 0 Å². The van der Waals surface area contributed by atoms with Crippen molar-refractivity contribution >= 4 is 29.4 Å². The number of hydrogen-bond donors (Lipinski definition) is 3. The maximum Gasteiger partial charge on any atom is 0.309 e. The molecule has 10 heteroatoms. The number of carbonyl (C=O) groups is 1. The first-order valence-corrected chi connectivity index (χ1v) is 9.91. The number of nitrogen functional groups attached to an aromatic ring is 1.